The summed E-state index contributed by atoms with van der Waals surface area (Å²) in [6, 6.07) is 8.60. The van der Waals surface area contributed by atoms with E-state index in [4.69, 9.17) is 0 Å². The number of nitrogens with one attached hydrogen (secondary N) is 1. The molecule has 2 bridgehead atoms. The minimum absolute atomic E-state index is 0.0509. The van der Waals surface area contributed by atoms with Gasteiger partial charge >= 0.3 is 0 Å². The Bertz CT molecular complexity index is 692. The Balaban J connectivity index is 1.41. The monoisotopic (exact) mass is 359 g/mol. The Morgan fingerprint density at radius 3 is 2.67 bits per heavy atom. The second-order valence-corrected chi connectivity index (χ2v) is 8.82. The normalized spacial score (nSPS) is 28.7. The lowest BCUT2D eigenvalue weighted by Gasteiger charge is -2.49. The highest BCUT2D eigenvalue weighted by molar-refractivity contribution is 8.01. The Kier molecular flexibility index (Phi) is 4.61. The summed E-state index contributed by atoms with van der Waals surface area (Å²) in [4.78, 5) is 20.3. The third-order valence-corrected chi connectivity index (χ3v) is 7.14. The maximum absolute atomic E-state index is 12.6. The molecule has 2 unspecified atom stereocenters. The van der Waals surface area contributed by atoms with Crippen molar-refractivity contribution in [3.05, 3.63) is 41.5 Å². The first-order valence-electron chi connectivity index (χ1n) is 8.42. The number of nitrogens with zero attached hydrogens (tertiary/aromatic N) is 2. The number of thiazole rings is 1. The molecule has 3 aliphatic heterocycles. The Morgan fingerprint density at radius 2 is 2.04 bits per heavy atom. The highest BCUT2D eigenvalue weighted by atomic mass is 32.2. The van der Waals surface area contributed by atoms with E-state index in [1.54, 1.807) is 23.1 Å². The van der Waals surface area contributed by atoms with E-state index in [0.717, 1.165) is 14.7 Å². The molecule has 24 heavy (non-hydrogen) atoms. The van der Waals surface area contributed by atoms with Gasteiger partial charge in [-0.2, -0.15) is 0 Å². The topological polar surface area (TPSA) is 45.2 Å². The Labute approximate surface area is 150 Å². The highest BCUT2D eigenvalue weighted by Crippen LogP contribution is 2.33. The van der Waals surface area contributed by atoms with Gasteiger partial charge in [0.25, 0.3) is 5.91 Å². The van der Waals surface area contributed by atoms with Gasteiger partial charge in [-0.3, -0.25) is 14.7 Å². The van der Waals surface area contributed by atoms with Gasteiger partial charge in [-0.05, 0) is 63.0 Å². The van der Waals surface area contributed by atoms with E-state index in [1.807, 2.05) is 36.0 Å². The molecule has 1 aromatic heterocycles. The van der Waals surface area contributed by atoms with Gasteiger partial charge in [-0.15, -0.1) is 11.3 Å². The van der Waals surface area contributed by atoms with Crippen LogP contribution in [0.5, 0.6) is 0 Å². The molecule has 0 spiro atoms. The van der Waals surface area contributed by atoms with Crippen molar-refractivity contribution in [2.24, 2.45) is 5.92 Å². The molecule has 2 atom stereocenters. The van der Waals surface area contributed by atoms with Crippen LogP contribution < -0.4 is 5.32 Å². The standard InChI is InChI=1S/C18H21N3OS2/c1-12-17(13-6-8-21(12)9-7-13)20-18(22)14-2-4-15(5-3-14)24-16-10-19-11-23-16/h2-5,10-13,17H,6-9H2,1H3,(H,20,22). The summed E-state index contributed by atoms with van der Waals surface area (Å²) in [7, 11) is 0. The van der Waals surface area contributed by atoms with E-state index in [1.165, 1.54) is 25.9 Å². The summed E-state index contributed by atoms with van der Waals surface area (Å²) >= 11 is 3.30. The minimum atomic E-state index is 0.0509. The molecule has 0 radical (unpaired) electrons. The maximum Gasteiger partial charge on any atom is 0.251 e. The predicted octanol–water partition coefficient (Wildman–Crippen LogP) is 3.51. The smallest absolute Gasteiger partial charge is 0.251 e. The summed E-state index contributed by atoms with van der Waals surface area (Å²) in [5.41, 5.74) is 2.58. The van der Waals surface area contributed by atoms with Gasteiger partial charge < -0.3 is 5.32 Å². The number of carbonyl (C=O) groups excluding carboxylic acids is 1. The molecule has 1 aromatic carbocycles. The quantitative estimate of drug-likeness (QED) is 0.907. The van der Waals surface area contributed by atoms with E-state index < -0.39 is 0 Å². The fraction of sp³-hybridized carbons (Fsp3) is 0.444. The molecule has 0 saturated carbocycles. The summed E-state index contributed by atoms with van der Waals surface area (Å²) < 4.78 is 1.16. The number of amides is 1. The number of hydrogen-bond acceptors (Lipinski definition) is 5. The van der Waals surface area contributed by atoms with Crippen LogP contribution in [0.25, 0.3) is 0 Å². The molecule has 2 aromatic rings. The fourth-order valence-corrected chi connectivity index (χ4v) is 5.40. The van der Waals surface area contributed by atoms with Gasteiger partial charge in [0.05, 0.1) is 15.9 Å². The lowest BCUT2D eigenvalue weighted by Crippen LogP contribution is -2.62. The average Bonchev–Trinajstić information content (AvgIpc) is 3.12. The number of fused-ring (bicyclic) bond motifs is 3. The Morgan fingerprint density at radius 1 is 1.29 bits per heavy atom. The van der Waals surface area contributed by atoms with Crippen LogP contribution in [0.2, 0.25) is 0 Å². The first-order valence-corrected chi connectivity index (χ1v) is 10.1. The summed E-state index contributed by atoms with van der Waals surface area (Å²) in [6.07, 6.45) is 4.28. The zero-order valence-electron chi connectivity index (χ0n) is 13.6. The molecule has 1 amide bonds. The molecule has 4 heterocycles. The minimum Gasteiger partial charge on any atom is -0.347 e. The van der Waals surface area contributed by atoms with E-state index >= 15 is 0 Å². The van der Waals surface area contributed by atoms with Gasteiger partial charge in [0.1, 0.15) is 0 Å². The maximum atomic E-state index is 12.6. The second-order valence-electron chi connectivity index (χ2n) is 6.56. The van der Waals surface area contributed by atoms with Gasteiger partial charge in [-0.25, -0.2) is 0 Å². The molecule has 3 fully saturated rings. The van der Waals surface area contributed by atoms with Crippen molar-refractivity contribution in [2.45, 2.75) is 41.0 Å². The number of benzene rings is 1. The summed E-state index contributed by atoms with van der Waals surface area (Å²) in [5.74, 6) is 0.685. The number of aromatic nitrogens is 1. The van der Waals surface area contributed by atoms with Gasteiger partial charge in [0.2, 0.25) is 0 Å². The molecule has 0 aliphatic carbocycles. The van der Waals surface area contributed by atoms with Crippen molar-refractivity contribution in [2.75, 3.05) is 13.1 Å². The van der Waals surface area contributed by atoms with E-state index in [9.17, 15) is 4.79 Å². The van der Waals surface area contributed by atoms with Crippen molar-refractivity contribution in [1.29, 1.82) is 0 Å². The van der Waals surface area contributed by atoms with Crippen LogP contribution in [0.4, 0.5) is 0 Å². The molecule has 6 heteroatoms. The van der Waals surface area contributed by atoms with E-state index in [2.05, 4.69) is 22.1 Å². The van der Waals surface area contributed by atoms with E-state index in [0.29, 0.717) is 12.0 Å². The van der Waals surface area contributed by atoms with Crippen molar-refractivity contribution in [3.8, 4) is 0 Å². The van der Waals surface area contributed by atoms with Crippen LogP contribution in [0.3, 0.4) is 0 Å². The second kappa shape index (κ2) is 6.86. The lowest BCUT2D eigenvalue weighted by atomic mass is 9.79. The molecule has 1 N–H and O–H groups in total. The number of rotatable bonds is 4. The fourth-order valence-electron chi connectivity index (χ4n) is 3.82. The first-order chi connectivity index (χ1) is 11.7. The molecule has 3 saturated heterocycles. The third-order valence-electron chi connectivity index (χ3n) is 5.22. The van der Waals surface area contributed by atoms with Gasteiger partial charge in [0.15, 0.2) is 0 Å². The number of carbonyl (C=O) groups is 1. The number of piperidine rings is 3. The SMILES string of the molecule is CC1C(NC(=O)c2ccc(Sc3cncs3)cc2)C2CCN1CC2. The van der Waals surface area contributed by atoms with Crippen LogP contribution in [0.1, 0.15) is 30.1 Å². The molecule has 3 aliphatic rings. The highest BCUT2D eigenvalue weighted by Gasteiger charge is 2.40. The lowest BCUT2D eigenvalue weighted by molar-refractivity contribution is 0.0217. The van der Waals surface area contributed by atoms with Gasteiger partial charge in [-0.1, -0.05) is 11.8 Å². The Hall–Kier alpha value is -1.37. The number of hydrogen-bond donors (Lipinski definition) is 1. The first kappa shape index (κ1) is 16.1. The third kappa shape index (κ3) is 3.23. The van der Waals surface area contributed by atoms with E-state index in [-0.39, 0.29) is 11.9 Å². The van der Waals surface area contributed by atoms with Crippen LogP contribution in [0, 0.1) is 5.92 Å². The predicted molar refractivity (Wildman–Crippen MR) is 97.7 cm³/mol. The van der Waals surface area contributed by atoms with Crippen LogP contribution in [-0.4, -0.2) is 41.0 Å². The van der Waals surface area contributed by atoms with Crippen molar-refractivity contribution < 1.29 is 4.79 Å². The van der Waals surface area contributed by atoms with Gasteiger partial charge in [0, 0.05) is 22.5 Å². The molecule has 126 valence electrons. The summed E-state index contributed by atoms with van der Waals surface area (Å²) in [5, 5.41) is 3.29. The molecular formula is C18H21N3OS2. The van der Waals surface area contributed by atoms with Crippen LogP contribution >= 0.6 is 23.1 Å². The molecular weight excluding hydrogens is 338 g/mol. The zero-order chi connectivity index (χ0) is 16.5. The van der Waals surface area contributed by atoms with Crippen LogP contribution in [0.15, 0.2) is 45.1 Å². The molecule has 5 rings (SSSR count). The summed E-state index contributed by atoms with van der Waals surface area (Å²) in [6.45, 7) is 4.61. The zero-order valence-corrected chi connectivity index (χ0v) is 15.3. The van der Waals surface area contributed by atoms with Crippen molar-refractivity contribution in [1.82, 2.24) is 15.2 Å². The molecule has 4 nitrogen and oxygen atoms in total. The largest absolute Gasteiger partial charge is 0.347 e. The van der Waals surface area contributed by atoms with Crippen molar-refractivity contribution >= 4 is 29.0 Å². The van der Waals surface area contributed by atoms with Crippen molar-refractivity contribution in [3.63, 3.8) is 0 Å². The van der Waals surface area contributed by atoms with Crippen LogP contribution in [-0.2, 0) is 0 Å². The average molecular weight is 360 g/mol.